The van der Waals surface area contributed by atoms with Crippen molar-refractivity contribution in [3.63, 3.8) is 0 Å². The molecule has 1 atom stereocenters. The number of ether oxygens (including phenoxy) is 1. The molecule has 0 spiro atoms. The summed E-state index contributed by atoms with van der Waals surface area (Å²) < 4.78 is 5.61. The van der Waals surface area contributed by atoms with E-state index in [-0.39, 0.29) is 30.9 Å². The van der Waals surface area contributed by atoms with E-state index in [1.165, 1.54) is 4.90 Å². The third-order valence-electron chi connectivity index (χ3n) is 6.18. The average molecular weight is 467 g/mol. The molecule has 0 bridgehead atoms. The molecular weight excluding hydrogens is 432 g/mol. The van der Waals surface area contributed by atoms with Crippen LogP contribution in [0.4, 0.5) is 4.79 Å². The summed E-state index contributed by atoms with van der Waals surface area (Å²) in [5.74, 6) is -1.64. The number of benzene rings is 2. The highest BCUT2D eigenvalue weighted by Crippen LogP contribution is 2.44. The Hall–Kier alpha value is -3.35. The van der Waals surface area contributed by atoms with E-state index in [0.717, 1.165) is 22.3 Å². The molecule has 1 unspecified atom stereocenters. The summed E-state index contributed by atoms with van der Waals surface area (Å²) in [6.45, 7) is 9.12. The standard InChI is InChI=1S/C27H34N2O5/c1-6-27(5,24(32)29(15-23(30)31)17-26(2,3)4)28-25(33)34-16-22-20-13-9-7-11-18(20)19-12-8-10-14-21(19)22/h7-14,22H,6,15-17H2,1-5H3,(H,28,33)(H,30,31). The van der Waals surface area contributed by atoms with Gasteiger partial charge in [-0.15, -0.1) is 0 Å². The zero-order valence-corrected chi connectivity index (χ0v) is 20.6. The van der Waals surface area contributed by atoms with E-state index >= 15 is 0 Å². The highest BCUT2D eigenvalue weighted by atomic mass is 16.5. The van der Waals surface area contributed by atoms with E-state index in [2.05, 4.69) is 17.4 Å². The van der Waals surface area contributed by atoms with E-state index in [9.17, 15) is 19.5 Å². The molecule has 0 heterocycles. The van der Waals surface area contributed by atoms with Gasteiger partial charge in [-0.25, -0.2) is 4.79 Å². The summed E-state index contributed by atoms with van der Waals surface area (Å²) in [4.78, 5) is 38.8. The number of alkyl carbamates (subject to hydrolysis) is 1. The number of amides is 2. The summed E-state index contributed by atoms with van der Waals surface area (Å²) in [5, 5.41) is 12.0. The Kier molecular flexibility index (Phi) is 7.34. The third-order valence-corrected chi connectivity index (χ3v) is 6.18. The average Bonchev–Trinajstić information content (AvgIpc) is 3.09. The molecule has 0 radical (unpaired) electrons. The Labute approximate surface area is 201 Å². The van der Waals surface area contributed by atoms with Gasteiger partial charge in [-0.05, 0) is 41.0 Å². The number of hydrogen-bond donors (Lipinski definition) is 2. The molecule has 0 saturated heterocycles. The number of carbonyl (C=O) groups is 3. The van der Waals surface area contributed by atoms with Crippen molar-refractivity contribution in [2.75, 3.05) is 19.7 Å². The number of aliphatic carboxylic acids is 1. The molecule has 2 aromatic carbocycles. The highest BCUT2D eigenvalue weighted by Gasteiger charge is 2.39. The molecule has 0 aromatic heterocycles. The predicted octanol–water partition coefficient (Wildman–Crippen LogP) is 4.65. The lowest BCUT2D eigenvalue weighted by Crippen LogP contribution is -2.59. The molecule has 0 aliphatic heterocycles. The normalized spacial score (nSPS) is 14.5. The second-order valence-electron chi connectivity index (χ2n) is 10.3. The molecule has 7 heteroatoms. The Morgan fingerprint density at radius 1 is 0.971 bits per heavy atom. The van der Waals surface area contributed by atoms with Crippen molar-refractivity contribution in [3.05, 3.63) is 59.7 Å². The lowest BCUT2D eigenvalue weighted by atomic mass is 9.92. The first kappa shape index (κ1) is 25.3. The maximum Gasteiger partial charge on any atom is 0.408 e. The Morgan fingerprint density at radius 3 is 1.97 bits per heavy atom. The number of carboxylic acid groups (broad SMARTS) is 1. The van der Waals surface area contributed by atoms with Gasteiger partial charge in [-0.2, -0.15) is 0 Å². The van der Waals surface area contributed by atoms with Crippen LogP contribution in [-0.4, -0.2) is 53.2 Å². The maximum atomic E-state index is 13.3. The van der Waals surface area contributed by atoms with E-state index in [1.54, 1.807) is 13.8 Å². The molecule has 34 heavy (non-hydrogen) atoms. The summed E-state index contributed by atoms with van der Waals surface area (Å²) in [6.07, 6.45) is -0.415. The van der Waals surface area contributed by atoms with Crippen LogP contribution in [0.25, 0.3) is 11.1 Å². The van der Waals surface area contributed by atoms with Gasteiger partial charge in [-0.1, -0.05) is 76.2 Å². The lowest BCUT2D eigenvalue weighted by molar-refractivity contribution is -0.148. The van der Waals surface area contributed by atoms with Crippen molar-refractivity contribution in [1.82, 2.24) is 10.2 Å². The van der Waals surface area contributed by atoms with Crippen LogP contribution in [0.5, 0.6) is 0 Å². The molecule has 1 aliphatic rings. The van der Waals surface area contributed by atoms with Gasteiger partial charge in [0.25, 0.3) is 0 Å². The second kappa shape index (κ2) is 9.87. The zero-order chi connectivity index (χ0) is 25.1. The quantitative estimate of drug-likeness (QED) is 0.590. The number of fused-ring (bicyclic) bond motifs is 3. The fourth-order valence-electron chi connectivity index (χ4n) is 4.44. The number of rotatable bonds is 8. The molecular formula is C27H34N2O5. The first-order valence-corrected chi connectivity index (χ1v) is 11.6. The van der Waals surface area contributed by atoms with Crippen molar-refractivity contribution in [1.29, 1.82) is 0 Å². The predicted molar refractivity (Wildman–Crippen MR) is 131 cm³/mol. The first-order valence-electron chi connectivity index (χ1n) is 11.6. The maximum absolute atomic E-state index is 13.3. The Balaban J connectivity index is 1.72. The van der Waals surface area contributed by atoms with E-state index in [4.69, 9.17) is 4.74 Å². The monoisotopic (exact) mass is 466 g/mol. The van der Waals surface area contributed by atoms with Gasteiger partial charge in [-0.3, -0.25) is 9.59 Å². The number of hydrogen-bond acceptors (Lipinski definition) is 4. The number of carboxylic acids is 1. The van der Waals surface area contributed by atoms with Gasteiger partial charge in [0.05, 0.1) is 0 Å². The van der Waals surface area contributed by atoms with Gasteiger partial charge in [0.15, 0.2) is 0 Å². The second-order valence-corrected chi connectivity index (χ2v) is 10.3. The fraction of sp³-hybridized carbons (Fsp3) is 0.444. The van der Waals surface area contributed by atoms with Crippen LogP contribution in [0.1, 0.15) is 58.1 Å². The smallest absolute Gasteiger partial charge is 0.408 e. The summed E-state index contributed by atoms with van der Waals surface area (Å²) in [6, 6.07) is 16.1. The third kappa shape index (κ3) is 5.58. The Bertz CT molecular complexity index is 1030. The van der Waals surface area contributed by atoms with Crippen LogP contribution in [0.15, 0.2) is 48.5 Å². The van der Waals surface area contributed by atoms with Crippen LogP contribution in [0, 0.1) is 5.41 Å². The molecule has 0 fully saturated rings. The van der Waals surface area contributed by atoms with E-state index in [0.29, 0.717) is 0 Å². The van der Waals surface area contributed by atoms with Gasteiger partial charge in [0.2, 0.25) is 5.91 Å². The van der Waals surface area contributed by atoms with Crippen molar-refractivity contribution in [2.45, 2.75) is 52.5 Å². The molecule has 2 amide bonds. The molecule has 1 aliphatic carbocycles. The van der Waals surface area contributed by atoms with Crippen LogP contribution in [0.3, 0.4) is 0 Å². The minimum atomic E-state index is -1.29. The number of nitrogens with zero attached hydrogens (tertiary/aromatic N) is 1. The molecule has 2 aromatic rings. The lowest BCUT2D eigenvalue weighted by Gasteiger charge is -2.36. The van der Waals surface area contributed by atoms with E-state index in [1.807, 2.05) is 57.2 Å². The number of nitrogens with one attached hydrogen (secondary N) is 1. The minimum absolute atomic E-state index is 0.0915. The Morgan fingerprint density at radius 2 is 1.50 bits per heavy atom. The molecule has 7 nitrogen and oxygen atoms in total. The fourth-order valence-corrected chi connectivity index (χ4v) is 4.44. The minimum Gasteiger partial charge on any atom is -0.480 e. The molecule has 2 N–H and O–H groups in total. The van der Waals surface area contributed by atoms with Crippen molar-refractivity contribution < 1.29 is 24.2 Å². The topological polar surface area (TPSA) is 95.9 Å². The summed E-state index contributed by atoms with van der Waals surface area (Å²) in [5.41, 5.74) is 2.87. The summed E-state index contributed by atoms with van der Waals surface area (Å²) in [7, 11) is 0. The van der Waals surface area contributed by atoms with Crippen LogP contribution in [0.2, 0.25) is 0 Å². The first-order chi connectivity index (χ1) is 15.9. The van der Waals surface area contributed by atoms with Crippen molar-refractivity contribution >= 4 is 18.0 Å². The molecule has 182 valence electrons. The molecule has 0 saturated carbocycles. The van der Waals surface area contributed by atoms with E-state index < -0.39 is 30.1 Å². The van der Waals surface area contributed by atoms with Gasteiger partial charge in [0.1, 0.15) is 18.7 Å². The van der Waals surface area contributed by atoms with Gasteiger partial charge in [0, 0.05) is 12.5 Å². The highest BCUT2D eigenvalue weighted by molar-refractivity contribution is 5.91. The van der Waals surface area contributed by atoms with Crippen LogP contribution >= 0.6 is 0 Å². The zero-order valence-electron chi connectivity index (χ0n) is 20.6. The van der Waals surface area contributed by atoms with Crippen molar-refractivity contribution in [3.8, 4) is 11.1 Å². The molecule has 3 rings (SSSR count). The SMILES string of the molecule is CCC(C)(NC(=O)OCC1c2ccccc2-c2ccccc21)C(=O)N(CC(=O)O)CC(C)(C)C. The van der Waals surface area contributed by atoms with Crippen LogP contribution < -0.4 is 5.32 Å². The number of carbonyl (C=O) groups excluding carboxylic acids is 2. The van der Waals surface area contributed by atoms with Gasteiger partial charge < -0.3 is 20.1 Å². The van der Waals surface area contributed by atoms with Crippen molar-refractivity contribution in [2.24, 2.45) is 5.41 Å². The largest absolute Gasteiger partial charge is 0.480 e. The van der Waals surface area contributed by atoms with Crippen LogP contribution in [-0.2, 0) is 14.3 Å². The summed E-state index contributed by atoms with van der Waals surface area (Å²) >= 11 is 0. The van der Waals surface area contributed by atoms with Gasteiger partial charge >= 0.3 is 12.1 Å².